The van der Waals surface area contributed by atoms with E-state index < -0.39 is 0 Å². The first kappa shape index (κ1) is 9.59. The highest BCUT2D eigenvalue weighted by atomic mass is 14.8. The Hall–Kier alpha value is -1.96. The number of hydrogen-bond acceptors (Lipinski definition) is 2. The van der Waals surface area contributed by atoms with Gasteiger partial charge in [0.25, 0.3) is 0 Å². The van der Waals surface area contributed by atoms with Gasteiger partial charge in [-0.2, -0.15) is 0 Å². The molecule has 1 aromatic heterocycles. The van der Waals surface area contributed by atoms with E-state index in [0.29, 0.717) is 0 Å². The van der Waals surface area contributed by atoms with Crippen molar-refractivity contribution in [1.29, 1.82) is 0 Å². The number of aliphatic imine (C=N–C) groups is 1. The summed E-state index contributed by atoms with van der Waals surface area (Å²) in [4.78, 5) is 8.37. The van der Waals surface area contributed by atoms with E-state index >= 15 is 0 Å². The van der Waals surface area contributed by atoms with Gasteiger partial charge in [0.05, 0.1) is 11.2 Å². The summed E-state index contributed by atoms with van der Waals surface area (Å²) in [6, 6.07) is 6.03. The molecule has 0 saturated carbocycles. The second kappa shape index (κ2) is 3.65. The Balaban J connectivity index is 2.97. The first-order chi connectivity index (χ1) is 7.27. The van der Waals surface area contributed by atoms with Crippen LogP contribution >= 0.6 is 0 Å². The van der Waals surface area contributed by atoms with Crippen molar-refractivity contribution in [3.63, 3.8) is 0 Å². The standard InChI is InChI=1S/C13H12N2/c1-4-11-9(2)8-10-6-5-7-15-12(10)13(11)14-3/h4-8H,1,3H2,2H3. The normalized spacial score (nSPS) is 10.2. The zero-order valence-electron chi connectivity index (χ0n) is 8.70. The number of pyridine rings is 1. The van der Waals surface area contributed by atoms with Crippen LogP contribution < -0.4 is 0 Å². The lowest BCUT2D eigenvalue weighted by Crippen LogP contribution is -1.86. The summed E-state index contributed by atoms with van der Waals surface area (Å²) in [6.45, 7) is 9.42. The highest BCUT2D eigenvalue weighted by Crippen LogP contribution is 2.31. The van der Waals surface area contributed by atoms with Crippen molar-refractivity contribution in [2.45, 2.75) is 6.92 Å². The van der Waals surface area contributed by atoms with Gasteiger partial charge in [0, 0.05) is 17.1 Å². The summed E-state index contributed by atoms with van der Waals surface area (Å²) < 4.78 is 0. The molecule has 1 aromatic carbocycles. The zero-order chi connectivity index (χ0) is 10.8. The molecular formula is C13H12N2. The molecule has 1 heterocycles. The third-order valence-electron chi connectivity index (χ3n) is 2.48. The van der Waals surface area contributed by atoms with Crippen molar-refractivity contribution in [1.82, 2.24) is 4.98 Å². The predicted octanol–water partition coefficient (Wildman–Crippen LogP) is 3.52. The number of fused-ring (bicyclic) bond motifs is 1. The maximum Gasteiger partial charge on any atom is 0.0964 e. The van der Waals surface area contributed by atoms with Crippen LogP contribution in [-0.2, 0) is 0 Å². The molecule has 2 rings (SSSR count). The summed E-state index contributed by atoms with van der Waals surface area (Å²) in [7, 11) is 0. The van der Waals surface area contributed by atoms with Crippen LogP contribution in [0.1, 0.15) is 11.1 Å². The molecule has 15 heavy (non-hydrogen) atoms. The van der Waals surface area contributed by atoms with Crippen molar-refractivity contribution in [3.8, 4) is 0 Å². The molecule has 0 radical (unpaired) electrons. The molecule has 2 aromatic rings. The second-order valence-corrected chi connectivity index (χ2v) is 3.39. The first-order valence-corrected chi connectivity index (χ1v) is 4.75. The van der Waals surface area contributed by atoms with Crippen LogP contribution in [0.25, 0.3) is 17.0 Å². The van der Waals surface area contributed by atoms with Gasteiger partial charge in [0.15, 0.2) is 0 Å². The van der Waals surface area contributed by atoms with Gasteiger partial charge < -0.3 is 0 Å². The molecular weight excluding hydrogens is 184 g/mol. The Morgan fingerprint density at radius 2 is 2.27 bits per heavy atom. The molecule has 0 bridgehead atoms. The molecule has 0 amide bonds. The lowest BCUT2D eigenvalue weighted by atomic mass is 10.0. The molecule has 74 valence electrons. The van der Waals surface area contributed by atoms with Crippen LogP contribution in [0.15, 0.2) is 36.0 Å². The zero-order valence-corrected chi connectivity index (χ0v) is 8.70. The van der Waals surface area contributed by atoms with E-state index in [1.165, 1.54) is 0 Å². The van der Waals surface area contributed by atoms with E-state index in [2.05, 4.69) is 29.3 Å². The summed E-state index contributed by atoms with van der Waals surface area (Å²) >= 11 is 0. The van der Waals surface area contributed by atoms with E-state index in [9.17, 15) is 0 Å². The quantitative estimate of drug-likeness (QED) is 0.674. The third-order valence-corrected chi connectivity index (χ3v) is 2.48. The monoisotopic (exact) mass is 196 g/mol. The van der Waals surface area contributed by atoms with Crippen molar-refractivity contribution in [3.05, 3.63) is 42.1 Å². The average molecular weight is 196 g/mol. The minimum Gasteiger partial charge on any atom is -0.262 e. The average Bonchev–Trinajstić information content (AvgIpc) is 2.27. The maximum absolute atomic E-state index is 4.32. The number of aromatic nitrogens is 1. The van der Waals surface area contributed by atoms with Gasteiger partial charge in [-0.3, -0.25) is 9.98 Å². The fraction of sp³-hybridized carbons (Fsp3) is 0.0769. The molecule has 0 aliphatic carbocycles. The van der Waals surface area contributed by atoms with Crippen LogP contribution in [0.4, 0.5) is 5.69 Å². The van der Waals surface area contributed by atoms with Crippen molar-refractivity contribution in [2.75, 3.05) is 0 Å². The predicted molar refractivity (Wildman–Crippen MR) is 65.8 cm³/mol. The van der Waals surface area contributed by atoms with E-state index in [-0.39, 0.29) is 0 Å². The Morgan fingerprint density at radius 3 is 2.93 bits per heavy atom. The minimum atomic E-state index is 0.820. The maximum atomic E-state index is 4.32. The van der Waals surface area contributed by atoms with Gasteiger partial charge >= 0.3 is 0 Å². The largest absolute Gasteiger partial charge is 0.262 e. The number of hydrogen-bond donors (Lipinski definition) is 0. The summed E-state index contributed by atoms with van der Waals surface area (Å²) in [5, 5.41) is 1.09. The molecule has 0 aliphatic heterocycles. The number of aryl methyl sites for hydroxylation is 1. The fourth-order valence-electron chi connectivity index (χ4n) is 1.78. The molecule has 0 unspecified atom stereocenters. The van der Waals surface area contributed by atoms with Crippen molar-refractivity contribution < 1.29 is 0 Å². The summed E-state index contributed by atoms with van der Waals surface area (Å²) in [5.74, 6) is 0. The SMILES string of the molecule is C=Cc1c(C)cc2cccnc2c1N=C. The van der Waals surface area contributed by atoms with E-state index in [1.807, 2.05) is 19.1 Å². The molecule has 2 heteroatoms. The topological polar surface area (TPSA) is 25.2 Å². The Labute approximate surface area is 89.0 Å². The van der Waals surface area contributed by atoms with Crippen molar-refractivity contribution in [2.24, 2.45) is 4.99 Å². The molecule has 0 fully saturated rings. The summed E-state index contributed by atoms with van der Waals surface area (Å²) in [6.07, 6.45) is 3.56. The smallest absolute Gasteiger partial charge is 0.0964 e. The lowest BCUT2D eigenvalue weighted by molar-refractivity contribution is 1.36. The van der Waals surface area contributed by atoms with E-state index in [1.54, 1.807) is 12.3 Å². The Bertz CT molecular complexity index is 541. The molecule has 0 N–H and O–H groups in total. The number of benzene rings is 1. The highest BCUT2D eigenvalue weighted by Gasteiger charge is 2.07. The van der Waals surface area contributed by atoms with E-state index in [4.69, 9.17) is 0 Å². The van der Waals surface area contributed by atoms with Gasteiger partial charge in [-0.15, -0.1) is 0 Å². The van der Waals surface area contributed by atoms with Crippen LogP contribution in [0.5, 0.6) is 0 Å². The molecule has 0 saturated heterocycles. The third kappa shape index (κ3) is 1.44. The van der Waals surface area contributed by atoms with Gasteiger partial charge in [-0.25, -0.2) is 0 Å². The Kier molecular flexibility index (Phi) is 2.34. The van der Waals surface area contributed by atoms with Gasteiger partial charge in [-0.1, -0.05) is 18.7 Å². The Morgan fingerprint density at radius 1 is 1.47 bits per heavy atom. The lowest BCUT2D eigenvalue weighted by Gasteiger charge is -2.08. The summed E-state index contributed by atoms with van der Waals surface area (Å²) in [5.41, 5.74) is 3.86. The molecule has 0 spiro atoms. The van der Waals surface area contributed by atoms with Gasteiger partial charge in [0.2, 0.25) is 0 Å². The van der Waals surface area contributed by atoms with Crippen LogP contribution in [0, 0.1) is 6.92 Å². The van der Waals surface area contributed by atoms with E-state index in [0.717, 1.165) is 27.7 Å². The molecule has 2 nitrogen and oxygen atoms in total. The molecule has 0 aliphatic rings. The van der Waals surface area contributed by atoms with Crippen LogP contribution in [0.2, 0.25) is 0 Å². The van der Waals surface area contributed by atoms with Crippen LogP contribution in [0.3, 0.4) is 0 Å². The van der Waals surface area contributed by atoms with Crippen LogP contribution in [-0.4, -0.2) is 11.7 Å². The highest BCUT2D eigenvalue weighted by molar-refractivity contribution is 5.95. The molecule has 0 atom stereocenters. The number of rotatable bonds is 2. The first-order valence-electron chi connectivity index (χ1n) is 4.75. The van der Waals surface area contributed by atoms with Gasteiger partial charge in [-0.05, 0) is 31.3 Å². The van der Waals surface area contributed by atoms with Gasteiger partial charge in [0.1, 0.15) is 0 Å². The minimum absolute atomic E-state index is 0.820. The van der Waals surface area contributed by atoms with Crippen molar-refractivity contribution >= 4 is 29.4 Å². The second-order valence-electron chi connectivity index (χ2n) is 3.39. The number of nitrogens with zero attached hydrogens (tertiary/aromatic N) is 2. The fourth-order valence-corrected chi connectivity index (χ4v) is 1.78.